The number of methoxy groups -OCH3 is 1. The van der Waals surface area contributed by atoms with E-state index in [0.717, 1.165) is 24.2 Å². The van der Waals surface area contributed by atoms with Crippen LogP contribution in [0.25, 0.3) is 0 Å². The zero-order valence-electron chi connectivity index (χ0n) is 11.4. The van der Waals surface area contributed by atoms with Crippen LogP contribution in [0.4, 0.5) is 0 Å². The van der Waals surface area contributed by atoms with Crippen molar-refractivity contribution in [1.29, 1.82) is 0 Å². The van der Waals surface area contributed by atoms with Crippen LogP contribution in [0.2, 0.25) is 0 Å². The molecule has 2 rings (SSSR count). The Kier molecular flexibility index (Phi) is 4.30. The summed E-state index contributed by atoms with van der Waals surface area (Å²) in [6.45, 7) is 1.70. The van der Waals surface area contributed by atoms with E-state index in [9.17, 15) is 4.79 Å². The Morgan fingerprint density at radius 3 is 2.68 bits per heavy atom. The summed E-state index contributed by atoms with van der Waals surface area (Å²) in [5.41, 5.74) is 0.952. The quantitative estimate of drug-likeness (QED) is 0.858. The summed E-state index contributed by atoms with van der Waals surface area (Å²) in [6.07, 6.45) is 4.22. The van der Waals surface area contributed by atoms with Crippen molar-refractivity contribution in [3.05, 3.63) is 23.8 Å². The number of carboxylic acids is 1. The van der Waals surface area contributed by atoms with Crippen LogP contribution in [0, 0.1) is 5.92 Å². The molecule has 1 aromatic carbocycles. The first-order chi connectivity index (χ1) is 9.10. The highest BCUT2D eigenvalue weighted by molar-refractivity contribution is 5.70. The summed E-state index contributed by atoms with van der Waals surface area (Å²) in [5, 5.41) is 8.93. The minimum atomic E-state index is -0.784. The molecule has 0 amide bonds. The molecule has 1 unspecified atom stereocenters. The number of rotatable bonds is 6. The van der Waals surface area contributed by atoms with Gasteiger partial charge in [-0.1, -0.05) is 13.0 Å². The molecule has 104 valence electrons. The normalized spacial score (nSPS) is 16.5. The van der Waals surface area contributed by atoms with Crippen LogP contribution in [-0.4, -0.2) is 24.3 Å². The monoisotopic (exact) mass is 264 g/mol. The Balaban J connectivity index is 2.08. The number of carbonyl (C=O) groups is 1. The van der Waals surface area contributed by atoms with Gasteiger partial charge in [-0.25, -0.2) is 0 Å². The highest BCUT2D eigenvalue weighted by Gasteiger charge is 2.21. The molecule has 1 atom stereocenters. The van der Waals surface area contributed by atoms with Crippen LogP contribution in [0.3, 0.4) is 0 Å². The third-order valence-electron chi connectivity index (χ3n) is 3.54. The Bertz CT molecular complexity index is 451. The zero-order valence-corrected chi connectivity index (χ0v) is 11.4. The van der Waals surface area contributed by atoms with E-state index in [1.54, 1.807) is 14.0 Å². The second kappa shape index (κ2) is 5.95. The predicted octanol–water partition coefficient (Wildman–Crippen LogP) is 2.89. The standard InChI is InChI=1S/C15H20O4/c1-10(15(16)17)8-11-6-7-13(14(9-11)18-2)19-12-4-3-5-12/h6-7,9-10,12H,3-5,8H2,1-2H3,(H,16,17). The Hall–Kier alpha value is -1.71. The van der Waals surface area contributed by atoms with Crippen molar-refractivity contribution in [2.24, 2.45) is 5.92 Å². The Morgan fingerprint density at radius 2 is 2.16 bits per heavy atom. The minimum Gasteiger partial charge on any atom is -0.493 e. The lowest BCUT2D eigenvalue weighted by Gasteiger charge is -2.27. The SMILES string of the molecule is COc1cc(CC(C)C(=O)O)ccc1OC1CCC1. The molecule has 1 saturated carbocycles. The van der Waals surface area contributed by atoms with Crippen molar-refractivity contribution in [2.45, 2.75) is 38.7 Å². The number of ether oxygens (including phenoxy) is 2. The summed E-state index contributed by atoms with van der Waals surface area (Å²) in [5.74, 6) is 0.248. The molecule has 4 heteroatoms. The molecule has 19 heavy (non-hydrogen) atoms. The van der Waals surface area contributed by atoms with E-state index in [-0.39, 0.29) is 0 Å². The van der Waals surface area contributed by atoms with Crippen molar-refractivity contribution in [2.75, 3.05) is 7.11 Å². The predicted molar refractivity (Wildman–Crippen MR) is 71.8 cm³/mol. The molecule has 0 bridgehead atoms. The summed E-state index contributed by atoms with van der Waals surface area (Å²) in [6, 6.07) is 5.66. The molecule has 0 heterocycles. The largest absolute Gasteiger partial charge is 0.493 e. The molecule has 1 aliphatic carbocycles. The van der Waals surface area contributed by atoms with Gasteiger partial charge in [-0.05, 0) is 43.4 Å². The van der Waals surface area contributed by atoms with Gasteiger partial charge in [0.05, 0.1) is 19.1 Å². The van der Waals surface area contributed by atoms with E-state index in [0.29, 0.717) is 18.3 Å². The molecule has 1 fully saturated rings. The number of aliphatic carboxylic acids is 1. The maximum absolute atomic E-state index is 10.9. The third-order valence-corrected chi connectivity index (χ3v) is 3.54. The van der Waals surface area contributed by atoms with Crippen LogP contribution in [0.1, 0.15) is 31.7 Å². The third kappa shape index (κ3) is 3.40. The van der Waals surface area contributed by atoms with E-state index in [1.807, 2.05) is 18.2 Å². The average molecular weight is 264 g/mol. The molecule has 1 aliphatic rings. The zero-order chi connectivity index (χ0) is 13.8. The molecule has 0 spiro atoms. The highest BCUT2D eigenvalue weighted by Crippen LogP contribution is 2.33. The summed E-state index contributed by atoms with van der Waals surface area (Å²) < 4.78 is 11.2. The van der Waals surface area contributed by atoms with Crippen LogP contribution in [0.15, 0.2) is 18.2 Å². The van der Waals surface area contributed by atoms with E-state index < -0.39 is 11.9 Å². The first kappa shape index (κ1) is 13.7. The fraction of sp³-hybridized carbons (Fsp3) is 0.533. The van der Waals surface area contributed by atoms with Gasteiger partial charge in [0, 0.05) is 0 Å². The van der Waals surface area contributed by atoms with Gasteiger partial charge in [0.15, 0.2) is 11.5 Å². The average Bonchev–Trinajstić information content (AvgIpc) is 2.34. The Morgan fingerprint density at radius 1 is 1.42 bits per heavy atom. The maximum atomic E-state index is 10.9. The van der Waals surface area contributed by atoms with Crippen molar-refractivity contribution in [3.8, 4) is 11.5 Å². The molecule has 0 radical (unpaired) electrons. The molecule has 0 aliphatic heterocycles. The molecule has 4 nitrogen and oxygen atoms in total. The second-order valence-corrected chi connectivity index (χ2v) is 5.10. The first-order valence-corrected chi connectivity index (χ1v) is 6.66. The summed E-state index contributed by atoms with van der Waals surface area (Å²) in [4.78, 5) is 10.9. The number of hydrogen-bond donors (Lipinski definition) is 1. The Labute approximate surface area is 113 Å². The molecule has 0 saturated heterocycles. The maximum Gasteiger partial charge on any atom is 0.306 e. The van der Waals surface area contributed by atoms with Gasteiger partial charge in [0.2, 0.25) is 0 Å². The van der Waals surface area contributed by atoms with Gasteiger partial charge in [0.1, 0.15) is 0 Å². The van der Waals surface area contributed by atoms with Crippen LogP contribution < -0.4 is 9.47 Å². The van der Waals surface area contributed by atoms with Gasteiger partial charge in [-0.2, -0.15) is 0 Å². The second-order valence-electron chi connectivity index (χ2n) is 5.10. The molecule has 0 aromatic heterocycles. The number of carboxylic acid groups (broad SMARTS) is 1. The lowest BCUT2D eigenvalue weighted by Crippen LogP contribution is -2.24. The van der Waals surface area contributed by atoms with Crippen LogP contribution >= 0.6 is 0 Å². The molecule has 1 N–H and O–H groups in total. The number of benzene rings is 1. The van der Waals surface area contributed by atoms with Crippen molar-refractivity contribution < 1.29 is 19.4 Å². The smallest absolute Gasteiger partial charge is 0.306 e. The van der Waals surface area contributed by atoms with E-state index in [1.165, 1.54) is 6.42 Å². The minimum absolute atomic E-state index is 0.303. The topological polar surface area (TPSA) is 55.8 Å². The van der Waals surface area contributed by atoms with Crippen molar-refractivity contribution >= 4 is 5.97 Å². The highest BCUT2D eigenvalue weighted by atomic mass is 16.5. The fourth-order valence-corrected chi connectivity index (χ4v) is 2.05. The van der Waals surface area contributed by atoms with Gasteiger partial charge >= 0.3 is 5.97 Å². The first-order valence-electron chi connectivity index (χ1n) is 6.66. The summed E-state index contributed by atoms with van der Waals surface area (Å²) in [7, 11) is 1.60. The van der Waals surface area contributed by atoms with Gasteiger partial charge in [-0.3, -0.25) is 4.79 Å². The van der Waals surface area contributed by atoms with Gasteiger partial charge in [-0.15, -0.1) is 0 Å². The van der Waals surface area contributed by atoms with Gasteiger partial charge in [0.25, 0.3) is 0 Å². The molecular weight excluding hydrogens is 244 g/mol. The fourth-order valence-electron chi connectivity index (χ4n) is 2.05. The van der Waals surface area contributed by atoms with Crippen molar-refractivity contribution in [1.82, 2.24) is 0 Å². The van der Waals surface area contributed by atoms with E-state index >= 15 is 0 Å². The number of hydrogen-bond acceptors (Lipinski definition) is 3. The molecular formula is C15H20O4. The lowest BCUT2D eigenvalue weighted by atomic mass is 9.96. The van der Waals surface area contributed by atoms with Crippen LogP contribution in [0.5, 0.6) is 11.5 Å². The van der Waals surface area contributed by atoms with Gasteiger partial charge < -0.3 is 14.6 Å². The van der Waals surface area contributed by atoms with Crippen molar-refractivity contribution in [3.63, 3.8) is 0 Å². The van der Waals surface area contributed by atoms with E-state index in [2.05, 4.69) is 0 Å². The summed E-state index contributed by atoms with van der Waals surface area (Å²) >= 11 is 0. The van der Waals surface area contributed by atoms with E-state index in [4.69, 9.17) is 14.6 Å². The lowest BCUT2D eigenvalue weighted by molar-refractivity contribution is -0.141. The molecule has 1 aromatic rings. The van der Waals surface area contributed by atoms with Crippen LogP contribution in [-0.2, 0) is 11.2 Å².